The summed E-state index contributed by atoms with van der Waals surface area (Å²) in [6, 6.07) is 4.92. The topological polar surface area (TPSA) is 55.9 Å². The number of aryl methyl sites for hydroxylation is 1. The smallest absolute Gasteiger partial charge is 0.226 e. The number of aromatic nitrogens is 3. The van der Waals surface area contributed by atoms with Gasteiger partial charge in [-0.3, -0.25) is 0 Å². The van der Waals surface area contributed by atoms with Crippen molar-refractivity contribution in [2.24, 2.45) is 0 Å². The number of rotatable bonds is 6. The molecule has 0 aromatic carbocycles. The van der Waals surface area contributed by atoms with Crippen LogP contribution in [0.5, 0.6) is 0 Å². The van der Waals surface area contributed by atoms with Gasteiger partial charge in [0.25, 0.3) is 0 Å². The predicted molar refractivity (Wildman–Crippen MR) is 67.1 cm³/mol. The van der Waals surface area contributed by atoms with Crippen LogP contribution in [-0.2, 0) is 19.5 Å². The molecule has 1 fully saturated rings. The van der Waals surface area contributed by atoms with Crippen LogP contribution in [0.4, 0.5) is 0 Å². The Morgan fingerprint density at radius 3 is 3.11 bits per heavy atom. The van der Waals surface area contributed by atoms with Gasteiger partial charge in [0.2, 0.25) is 5.89 Å². The zero-order chi connectivity index (χ0) is 12.4. The molecule has 1 aliphatic carbocycles. The van der Waals surface area contributed by atoms with Gasteiger partial charge in [-0.2, -0.15) is 4.98 Å². The second-order valence-corrected chi connectivity index (χ2v) is 4.74. The fraction of sp³-hybridized carbons (Fsp3) is 0.538. The van der Waals surface area contributed by atoms with Crippen LogP contribution in [0.1, 0.15) is 37.2 Å². The Bertz CT molecular complexity index is 513. The Labute approximate surface area is 106 Å². The summed E-state index contributed by atoms with van der Waals surface area (Å²) in [6.07, 6.45) is 5.47. The lowest BCUT2D eigenvalue weighted by Crippen LogP contribution is -2.18. The van der Waals surface area contributed by atoms with Crippen LogP contribution in [0.3, 0.4) is 0 Å². The molecule has 0 radical (unpaired) electrons. The lowest BCUT2D eigenvalue weighted by atomic mass is 10.4. The van der Waals surface area contributed by atoms with Gasteiger partial charge in [0.05, 0.1) is 6.54 Å². The van der Waals surface area contributed by atoms with Gasteiger partial charge in [-0.25, -0.2) is 0 Å². The van der Waals surface area contributed by atoms with Crippen molar-refractivity contribution in [1.29, 1.82) is 0 Å². The Kier molecular flexibility index (Phi) is 3.15. The van der Waals surface area contributed by atoms with Crippen molar-refractivity contribution in [2.45, 2.75) is 45.3 Å². The first-order valence-corrected chi connectivity index (χ1v) is 6.54. The van der Waals surface area contributed by atoms with Crippen LogP contribution < -0.4 is 5.32 Å². The molecule has 1 aliphatic rings. The molecule has 3 rings (SSSR count). The second kappa shape index (κ2) is 4.94. The Morgan fingerprint density at radius 2 is 2.39 bits per heavy atom. The third-order valence-electron chi connectivity index (χ3n) is 3.20. The van der Waals surface area contributed by atoms with Crippen molar-refractivity contribution in [2.75, 3.05) is 0 Å². The van der Waals surface area contributed by atoms with Crippen LogP contribution in [0.2, 0.25) is 0 Å². The van der Waals surface area contributed by atoms with E-state index in [-0.39, 0.29) is 0 Å². The summed E-state index contributed by atoms with van der Waals surface area (Å²) < 4.78 is 7.29. The highest BCUT2D eigenvalue weighted by Gasteiger charge is 2.20. The quantitative estimate of drug-likeness (QED) is 0.843. The first-order chi connectivity index (χ1) is 8.85. The number of nitrogens with one attached hydrogen (secondary N) is 1. The average molecular weight is 246 g/mol. The van der Waals surface area contributed by atoms with Gasteiger partial charge < -0.3 is 14.4 Å². The summed E-state index contributed by atoms with van der Waals surface area (Å²) >= 11 is 0. The monoisotopic (exact) mass is 246 g/mol. The Balaban J connectivity index is 1.65. The zero-order valence-electron chi connectivity index (χ0n) is 10.6. The summed E-state index contributed by atoms with van der Waals surface area (Å²) in [4.78, 5) is 4.33. The largest absolute Gasteiger partial charge is 0.342 e. The maximum absolute atomic E-state index is 5.12. The number of hydrogen-bond acceptors (Lipinski definition) is 4. The van der Waals surface area contributed by atoms with Crippen LogP contribution in [0.25, 0.3) is 0 Å². The van der Waals surface area contributed by atoms with Gasteiger partial charge in [0, 0.05) is 30.9 Å². The molecule has 5 heteroatoms. The van der Waals surface area contributed by atoms with Crippen LogP contribution in [-0.4, -0.2) is 20.7 Å². The minimum atomic E-state index is 0.679. The Morgan fingerprint density at radius 1 is 1.50 bits per heavy atom. The average Bonchev–Trinajstić information content (AvgIpc) is 2.93. The molecule has 1 N–H and O–H groups in total. The third-order valence-corrected chi connectivity index (χ3v) is 3.20. The van der Waals surface area contributed by atoms with Crippen molar-refractivity contribution in [3.63, 3.8) is 0 Å². The van der Waals surface area contributed by atoms with Crippen molar-refractivity contribution in [3.05, 3.63) is 35.7 Å². The van der Waals surface area contributed by atoms with Crippen molar-refractivity contribution in [1.82, 2.24) is 20.0 Å². The molecule has 0 aliphatic heterocycles. The maximum Gasteiger partial charge on any atom is 0.226 e. The van der Waals surface area contributed by atoms with Crippen LogP contribution >= 0.6 is 0 Å². The first-order valence-electron chi connectivity index (χ1n) is 6.54. The fourth-order valence-electron chi connectivity index (χ4n) is 1.95. The van der Waals surface area contributed by atoms with Gasteiger partial charge in [-0.1, -0.05) is 12.1 Å². The van der Waals surface area contributed by atoms with Crippen LogP contribution in [0.15, 0.2) is 22.9 Å². The van der Waals surface area contributed by atoms with Gasteiger partial charge in [-0.15, -0.1) is 0 Å². The summed E-state index contributed by atoms with van der Waals surface area (Å²) in [5, 5.41) is 7.50. The van der Waals surface area contributed by atoms with E-state index in [0.29, 0.717) is 12.4 Å². The SMILES string of the molecule is CCc1nc(Cn2cccc2CNC2CC2)no1. The highest BCUT2D eigenvalue weighted by molar-refractivity contribution is 5.09. The highest BCUT2D eigenvalue weighted by atomic mass is 16.5. The third kappa shape index (κ3) is 2.61. The molecule has 2 heterocycles. The summed E-state index contributed by atoms with van der Waals surface area (Å²) in [5.74, 6) is 1.45. The van der Waals surface area contributed by atoms with E-state index in [1.54, 1.807) is 0 Å². The van der Waals surface area contributed by atoms with Crippen molar-refractivity contribution >= 4 is 0 Å². The van der Waals surface area contributed by atoms with Gasteiger partial charge in [0.1, 0.15) is 0 Å². The first kappa shape index (κ1) is 11.5. The number of nitrogens with zero attached hydrogens (tertiary/aromatic N) is 3. The minimum Gasteiger partial charge on any atom is -0.342 e. The molecule has 2 aromatic rings. The zero-order valence-corrected chi connectivity index (χ0v) is 10.6. The Hall–Kier alpha value is -1.62. The molecule has 96 valence electrons. The van der Waals surface area contributed by atoms with E-state index in [1.165, 1.54) is 18.5 Å². The summed E-state index contributed by atoms with van der Waals surface area (Å²) in [6.45, 7) is 3.60. The normalized spacial score (nSPS) is 15.2. The van der Waals surface area contributed by atoms with E-state index in [2.05, 4.69) is 38.4 Å². The van der Waals surface area contributed by atoms with E-state index < -0.39 is 0 Å². The van der Waals surface area contributed by atoms with E-state index in [0.717, 1.165) is 24.8 Å². The molecule has 0 atom stereocenters. The van der Waals surface area contributed by atoms with E-state index >= 15 is 0 Å². The second-order valence-electron chi connectivity index (χ2n) is 4.74. The molecule has 18 heavy (non-hydrogen) atoms. The van der Waals surface area contributed by atoms with Gasteiger partial charge in [-0.05, 0) is 25.0 Å². The molecular weight excluding hydrogens is 228 g/mol. The standard InChI is InChI=1S/C13H18N4O/c1-2-13-15-12(16-18-13)9-17-7-3-4-11(17)8-14-10-5-6-10/h3-4,7,10,14H,2,5-6,8-9H2,1H3. The predicted octanol–water partition coefficient (Wildman–Crippen LogP) is 1.73. The van der Waals surface area contributed by atoms with E-state index in [4.69, 9.17) is 4.52 Å². The minimum absolute atomic E-state index is 0.679. The molecule has 0 unspecified atom stereocenters. The van der Waals surface area contributed by atoms with E-state index in [1.807, 2.05) is 6.92 Å². The molecule has 0 amide bonds. The lowest BCUT2D eigenvalue weighted by molar-refractivity contribution is 0.375. The van der Waals surface area contributed by atoms with Crippen LogP contribution in [0, 0.1) is 0 Å². The van der Waals surface area contributed by atoms with Crippen molar-refractivity contribution < 1.29 is 4.52 Å². The molecule has 2 aromatic heterocycles. The van der Waals surface area contributed by atoms with Crippen molar-refractivity contribution in [3.8, 4) is 0 Å². The molecule has 0 saturated heterocycles. The van der Waals surface area contributed by atoms with Gasteiger partial charge in [0.15, 0.2) is 5.82 Å². The van der Waals surface area contributed by atoms with Gasteiger partial charge >= 0.3 is 0 Å². The fourth-order valence-corrected chi connectivity index (χ4v) is 1.95. The lowest BCUT2D eigenvalue weighted by Gasteiger charge is -2.07. The highest BCUT2D eigenvalue weighted by Crippen LogP contribution is 2.19. The summed E-state index contributed by atoms with van der Waals surface area (Å²) in [5.41, 5.74) is 1.27. The summed E-state index contributed by atoms with van der Waals surface area (Å²) in [7, 11) is 0. The molecule has 0 spiro atoms. The molecular formula is C13H18N4O. The maximum atomic E-state index is 5.12. The van der Waals surface area contributed by atoms with E-state index in [9.17, 15) is 0 Å². The molecule has 5 nitrogen and oxygen atoms in total. The number of hydrogen-bond donors (Lipinski definition) is 1. The molecule has 1 saturated carbocycles. The molecule has 0 bridgehead atoms.